The third-order valence-electron chi connectivity index (χ3n) is 4.58. The van der Waals surface area contributed by atoms with Crippen LogP contribution in [-0.4, -0.2) is 10.8 Å². The van der Waals surface area contributed by atoms with Gasteiger partial charge in [-0.1, -0.05) is 54.1 Å². The molecule has 1 heterocycles. The molecule has 0 atom stereocenters. The lowest BCUT2D eigenvalue weighted by molar-refractivity contribution is 0.626. The highest BCUT2D eigenvalue weighted by molar-refractivity contribution is 6.30. The monoisotopic (exact) mass is 391 g/mol. The van der Waals surface area contributed by atoms with Crippen molar-refractivity contribution in [3.05, 3.63) is 107 Å². The van der Waals surface area contributed by atoms with Crippen LogP contribution in [0, 0.1) is 5.82 Å². The molecule has 0 aliphatic heterocycles. The Balaban J connectivity index is 1.52. The fourth-order valence-corrected chi connectivity index (χ4v) is 3.28. The molecule has 0 saturated heterocycles. The van der Waals surface area contributed by atoms with E-state index in [1.165, 1.54) is 12.1 Å². The van der Waals surface area contributed by atoms with Gasteiger partial charge >= 0.3 is 0 Å². The first-order valence-corrected chi connectivity index (χ1v) is 9.39. The second-order valence-electron chi connectivity index (χ2n) is 6.58. The summed E-state index contributed by atoms with van der Waals surface area (Å²) in [6.45, 7) is 1.30. The van der Waals surface area contributed by atoms with Gasteiger partial charge in [0.15, 0.2) is 0 Å². The molecule has 0 amide bonds. The van der Waals surface area contributed by atoms with E-state index < -0.39 is 0 Å². The maximum Gasteiger partial charge on any atom is 0.123 e. The van der Waals surface area contributed by atoms with Gasteiger partial charge in [0, 0.05) is 34.2 Å². The molecule has 0 fully saturated rings. The molecule has 1 N–H and O–H groups in total. The van der Waals surface area contributed by atoms with Crippen LogP contribution < -0.4 is 5.43 Å². The van der Waals surface area contributed by atoms with E-state index in [4.69, 9.17) is 11.6 Å². The maximum atomic E-state index is 13.2. The zero-order valence-electron chi connectivity index (χ0n) is 15.1. The van der Waals surface area contributed by atoms with Gasteiger partial charge in [0.2, 0.25) is 0 Å². The maximum absolute atomic E-state index is 13.2. The normalized spacial score (nSPS) is 11.4. The lowest BCUT2D eigenvalue weighted by Crippen LogP contribution is -2.05. The lowest BCUT2D eigenvalue weighted by Gasteiger charge is -2.05. The van der Waals surface area contributed by atoms with E-state index in [2.05, 4.69) is 33.4 Å². The second-order valence-corrected chi connectivity index (χ2v) is 7.01. The molecule has 28 heavy (non-hydrogen) atoms. The van der Waals surface area contributed by atoms with Crippen molar-refractivity contribution in [2.24, 2.45) is 5.10 Å². The highest BCUT2D eigenvalue weighted by Gasteiger charge is 2.07. The number of aromatic nitrogens is 1. The largest absolute Gasteiger partial charge is 0.342 e. The molecule has 0 bridgehead atoms. The Labute approximate surface area is 168 Å². The van der Waals surface area contributed by atoms with Gasteiger partial charge in [0.1, 0.15) is 5.82 Å². The molecule has 3 aromatic carbocycles. The number of hydrazone groups is 1. The Kier molecular flexibility index (Phi) is 5.40. The molecule has 0 aliphatic carbocycles. The molecule has 5 heteroatoms. The molecule has 0 aliphatic rings. The number of halogens is 2. The van der Waals surface area contributed by atoms with Crippen molar-refractivity contribution < 1.29 is 4.39 Å². The van der Waals surface area contributed by atoms with Crippen LogP contribution in [0.1, 0.15) is 16.7 Å². The Morgan fingerprint density at radius 1 is 0.929 bits per heavy atom. The number of benzene rings is 3. The summed E-state index contributed by atoms with van der Waals surface area (Å²) in [5, 5.41) is 6.22. The minimum atomic E-state index is -0.222. The van der Waals surface area contributed by atoms with Crippen LogP contribution in [0.3, 0.4) is 0 Å². The molecular weight excluding hydrogens is 373 g/mol. The van der Waals surface area contributed by atoms with Crippen LogP contribution in [0.5, 0.6) is 0 Å². The van der Waals surface area contributed by atoms with Crippen LogP contribution >= 0.6 is 11.6 Å². The summed E-state index contributed by atoms with van der Waals surface area (Å²) in [5.41, 5.74) is 7.38. The van der Waals surface area contributed by atoms with E-state index in [9.17, 15) is 4.39 Å². The van der Waals surface area contributed by atoms with Gasteiger partial charge < -0.3 is 9.99 Å². The van der Waals surface area contributed by atoms with E-state index >= 15 is 0 Å². The van der Waals surface area contributed by atoms with Crippen LogP contribution in [-0.2, 0) is 13.1 Å². The van der Waals surface area contributed by atoms with Crippen LogP contribution in [0.2, 0.25) is 5.02 Å². The van der Waals surface area contributed by atoms with Crippen molar-refractivity contribution in [2.75, 3.05) is 0 Å². The Bertz CT molecular complexity index is 1100. The van der Waals surface area contributed by atoms with Gasteiger partial charge in [-0.25, -0.2) is 4.39 Å². The van der Waals surface area contributed by atoms with Gasteiger partial charge in [0.25, 0.3) is 0 Å². The third-order valence-corrected chi connectivity index (χ3v) is 4.83. The number of fused-ring (bicyclic) bond motifs is 1. The molecule has 0 unspecified atom stereocenters. The summed E-state index contributed by atoms with van der Waals surface area (Å²) < 4.78 is 15.3. The molecule has 0 radical (unpaired) electrons. The zero-order valence-corrected chi connectivity index (χ0v) is 15.9. The van der Waals surface area contributed by atoms with Crippen LogP contribution in [0.25, 0.3) is 10.9 Å². The number of rotatable bonds is 6. The molecule has 4 rings (SSSR count). The predicted molar refractivity (Wildman–Crippen MR) is 113 cm³/mol. The van der Waals surface area contributed by atoms with Gasteiger partial charge in [-0.2, -0.15) is 5.10 Å². The number of para-hydroxylation sites is 1. The second kappa shape index (κ2) is 8.28. The Hall–Kier alpha value is -3.11. The van der Waals surface area contributed by atoms with Crippen molar-refractivity contribution in [3.63, 3.8) is 0 Å². The standard InChI is InChI=1S/C23H19ClFN3/c24-20-9-5-17(6-10-20)13-26-27-14-19-16-28(23-4-2-1-3-22(19)23)15-18-7-11-21(25)12-8-18/h1-12,14,16,26H,13,15H2/b27-14-. The molecule has 0 spiro atoms. The minimum absolute atomic E-state index is 0.222. The molecule has 4 aromatic rings. The summed E-state index contributed by atoms with van der Waals surface area (Å²) in [6, 6.07) is 22.5. The zero-order chi connectivity index (χ0) is 19.3. The summed E-state index contributed by atoms with van der Waals surface area (Å²) in [4.78, 5) is 0. The topological polar surface area (TPSA) is 29.3 Å². The van der Waals surface area contributed by atoms with Crippen LogP contribution in [0.15, 0.2) is 84.1 Å². The fourth-order valence-electron chi connectivity index (χ4n) is 3.15. The highest BCUT2D eigenvalue weighted by atomic mass is 35.5. The van der Waals surface area contributed by atoms with Crippen molar-refractivity contribution in [1.82, 2.24) is 9.99 Å². The average Bonchev–Trinajstić information content (AvgIpc) is 3.06. The average molecular weight is 392 g/mol. The van der Waals surface area contributed by atoms with E-state index in [1.807, 2.05) is 54.7 Å². The van der Waals surface area contributed by atoms with Gasteiger partial charge in [-0.05, 0) is 41.5 Å². The van der Waals surface area contributed by atoms with Crippen molar-refractivity contribution in [3.8, 4) is 0 Å². The SMILES string of the molecule is Fc1ccc(Cn2cc(/C=N\NCc3ccc(Cl)cc3)c3ccccc32)cc1. The predicted octanol–water partition coefficient (Wildman–Crippen LogP) is 5.61. The quantitative estimate of drug-likeness (QED) is 0.336. The first-order chi connectivity index (χ1) is 13.7. The highest BCUT2D eigenvalue weighted by Crippen LogP contribution is 2.21. The Morgan fingerprint density at radius 3 is 2.43 bits per heavy atom. The summed E-state index contributed by atoms with van der Waals surface area (Å²) in [7, 11) is 0. The number of hydrogen-bond acceptors (Lipinski definition) is 2. The van der Waals surface area contributed by atoms with Crippen molar-refractivity contribution in [1.29, 1.82) is 0 Å². The van der Waals surface area contributed by atoms with Crippen molar-refractivity contribution >= 4 is 28.7 Å². The molecule has 1 aromatic heterocycles. The number of hydrogen-bond donors (Lipinski definition) is 1. The van der Waals surface area contributed by atoms with E-state index in [1.54, 1.807) is 0 Å². The van der Waals surface area contributed by atoms with E-state index in [-0.39, 0.29) is 5.82 Å². The Morgan fingerprint density at radius 2 is 1.64 bits per heavy atom. The minimum Gasteiger partial charge on any atom is -0.342 e. The first-order valence-electron chi connectivity index (χ1n) is 9.02. The lowest BCUT2D eigenvalue weighted by atomic mass is 10.2. The molecular formula is C23H19ClFN3. The van der Waals surface area contributed by atoms with E-state index in [0.717, 1.165) is 32.6 Å². The van der Waals surface area contributed by atoms with Crippen LogP contribution in [0.4, 0.5) is 4.39 Å². The van der Waals surface area contributed by atoms with Crippen molar-refractivity contribution in [2.45, 2.75) is 13.1 Å². The summed E-state index contributed by atoms with van der Waals surface area (Å²) >= 11 is 5.91. The molecule has 3 nitrogen and oxygen atoms in total. The smallest absolute Gasteiger partial charge is 0.123 e. The third kappa shape index (κ3) is 4.24. The van der Waals surface area contributed by atoms with Gasteiger partial charge in [0.05, 0.1) is 12.8 Å². The van der Waals surface area contributed by atoms with Gasteiger partial charge in [-0.15, -0.1) is 0 Å². The fraction of sp³-hybridized carbons (Fsp3) is 0.0870. The number of nitrogens with one attached hydrogen (secondary N) is 1. The summed E-state index contributed by atoms with van der Waals surface area (Å²) in [6.07, 6.45) is 3.90. The molecule has 140 valence electrons. The summed E-state index contributed by atoms with van der Waals surface area (Å²) in [5.74, 6) is -0.222. The first kappa shape index (κ1) is 18.3. The number of nitrogens with zero attached hydrogens (tertiary/aromatic N) is 2. The van der Waals surface area contributed by atoms with E-state index in [0.29, 0.717) is 13.1 Å². The van der Waals surface area contributed by atoms with Gasteiger partial charge in [-0.3, -0.25) is 0 Å². The molecule has 0 saturated carbocycles.